The summed E-state index contributed by atoms with van der Waals surface area (Å²) in [5.74, 6) is 0.109. The molecule has 4 heteroatoms. The van der Waals surface area contributed by atoms with E-state index in [0.29, 0.717) is 10.4 Å². The predicted molar refractivity (Wildman–Crippen MR) is 58.2 cm³/mol. The molecule has 1 N–H and O–H groups in total. The Labute approximate surface area is 91.3 Å². The van der Waals surface area contributed by atoms with Gasteiger partial charge in [-0.3, -0.25) is 4.79 Å². The second kappa shape index (κ2) is 5.00. The van der Waals surface area contributed by atoms with E-state index in [9.17, 15) is 4.79 Å². The Kier molecular flexibility index (Phi) is 3.95. The average molecular weight is 258 g/mol. The van der Waals surface area contributed by atoms with E-state index in [1.54, 1.807) is 18.2 Å². The maximum absolute atomic E-state index is 11.5. The second-order valence-corrected chi connectivity index (χ2v) is 3.78. The van der Waals surface area contributed by atoms with Gasteiger partial charge in [0.25, 0.3) is 5.91 Å². The zero-order valence-electron chi connectivity index (χ0n) is 7.92. The van der Waals surface area contributed by atoms with Gasteiger partial charge < -0.3 is 9.73 Å². The smallest absolute Gasteiger partial charge is 0.287 e. The molecule has 1 unspecified atom stereocenters. The number of halogens is 1. The molecule has 0 aliphatic rings. The number of hydrogen-bond acceptors (Lipinski definition) is 2. The molecule has 1 aromatic heterocycles. The highest BCUT2D eigenvalue weighted by Gasteiger charge is 2.11. The quantitative estimate of drug-likeness (QED) is 0.844. The topological polar surface area (TPSA) is 42.2 Å². The van der Waals surface area contributed by atoms with Gasteiger partial charge in [-0.05, 0) is 41.4 Å². The molecule has 0 saturated carbocycles. The Morgan fingerprint density at radius 2 is 2.50 bits per heavy atom. The first-order chi connectivity index (χ1) is 6.63. The van der Waals surface area contributed by atoms with Gasteiger partial charge in [-0.15, -0.1) is 6.58 Å². The molecular weight excluding hydrogens is 246 g/mol. The van der Waals surface area contributed by atoms with Gasteiger partial charge >= 0.3 is 0 Å². The summed E-state index contributed by atoms with van der Waals surface area (Å²) in [5, 5.41) is 2.79. The first-order valence-corrected chi connectivity index (χ1v) is 5.10. The molecule has 0 bridgehead atoms. The van der Waals surface area contributed by atoms with Gasteiger partial charge in [-0.25, -0.2) is 0 Å². The van der Waals surface area contributed by atoms with Crippen molar-refractivity contribution in [2.24, 2.45) is 0 Å². The Hall–Kier alpha value is -1.03. The van der Waals surface area contributed by atoms with Gasteiger partial charge in [0, 0.05) is 6.04 Å². The molecule has 1 rings (SSSR count). The molecule has 1 aromatic rings. The first kappa shape index (κ1) is 11.0. The van der Waals surface area contributed by atoms with Crippen LogP contribution in [0.4, 0.5) is 0 Å². The highest BCUT2D eigenvalue weighted by Crippen LogP contribution is 2.13. The van der Waals surface area contributed by atoms with Gasteiger partial charge in [0.15, 0.2) is 10.4 Å². The van der Waals surface area contributed by atoms with Crippen LogP contribution < -0.4 is 5.32 Å². The standard InChI is InChI=1S/C10H12BrNO2/c1-3-4-7(2)12-10(13)8-5-6-9(11)14-8/h3,5-7H,1,4H2,2H3,(H,12,13). The number of hydrogen-bond donors (Lipinski definition) is 1. The lowest BCUT2D eigenvalue weighted by molar-refractivity contribution is 0.0911. The maximum Gasteiger partial charge on any atom is 0.287 e. The average Bonchev–Trinajstić information content (AvgIpc) is 2.52. The monoisotopic (exact) mass is 257 g/mol. The minimum absolute atomic E-state index is 0.0730. The lowest BCUT2D eigenvalue weighted by Gasteiger charge is -2.09. The Balaban J connectivity index is 2.54. The van der Waals surface area contributed by atoms with E-state index in [2.05, 4.69) is 27.8 Å². The third kappa shape index (κ3) is 3.03. The highest BCUT2D eigenvalue weighted by atomic mass is 79.9. The molecule has 0 radical (unpaired) electrons. The van der Waals surface area contributed by atoms with Gasteiger partial charge in [0.1, 0.15) is 0 Å². The summed E-state index contributed by atoms with van der Waals surface area (Å²) in [5.41, 5.74) is 0. The highest BCUT2D eigenvalue weighted by molar-refractivity contribution is 9.10. The molecule has 1 heterocycles. The summed E-state index contributed by atoms with van der Waals surface area (Å²) < 4.78 is 5.66. The zero-order chi connectivity index (χ0) is 10.6. The molecule has 0 fully saturated rings. The minimum atomic E-state index is -0.204. The van der Waals surface area contributed by atoms with Gasteiger partial charge in [0.2, 0.25) is 0 Å². The minimum Gasteiger partial charge on any atom is -0.444 e. The summed E-state index contributed by atoms with van der Waals surface area (Å²) in [6, 6.07) is 3.39. The van der Waals surface area contributed by atoms with Gasteiger partial charge in [-0.2, -0.15) is 0 Å². The van der Waals surface area contributed by atoms with E-state index in [1.165, 1.54) is 0 Å². The SMILES string of the molecule is C=CCC(C)NC(=O)c1ccc(Br)o1. The van der Waals surface area contributed by atoms with Crippen LogP contribution in [-0.2, 0) is 0 Å². The number of rotatable bonds is 4. The zero-order valence-corrected chi connectivity index (χ0v) is 9.50. The largest absolute Gasteiger partial charge is 0.444 e. The molecule has 14 heavy (non-hydrogen) atoms. The predicted octanol–water partition coefficient (Wildman–Crippen LogP) is 2.74. The summed E-state index contributed by atoms with van der Waals surface area (Å²) in [6.07, 6.45) is 2.51. The molecular formula is C10H12BrNO2. The number of carbonyl (C=O) groups excluding carboxylic acids is 1. The Morgan fingerprint density at radius 1 is 1.79 bits per heavy atom. The molecule has 0 aliphatic carbocycles. The van der Waals surface area contributed by atoms with E-state index in [1.807, 2.05) is 6.92 Å². The van der Waals surface area contributed by atoms with Crippen LogP contribution in [-0.4, -0.2) is 11.9 Å². The Bertz CT molecular complexity index is 333. The summed E-state index contributed by atoms with van der Waals surface area (Å²) in [6.45, 7) is 5.52. The van der Waals surface area contributed by atoms with Crippen molar-refractivity contribution in [3.63, 3.8) is 0 Å². The number of carbonyl (C=O) groups is 1. The van der Waals surface area contributed by atoms with Crippen molar-refractivity contribution in [1.82, 2.24) is 5.32 Å². The van der Waals surface area contributed by atoms with Crippen molar-refractivity contribution < 1.29 is 9.21 Å². The lowest BCUT2D eigenvalue weighted by atomic mass is 10.2. The van der Waals surface area contributed by atoms with E-state index >= 15 is 0 Å². The number of nitrogens with one attached hydrogen (secondary N) is 1. The van der Waals surface area contributed by atoms with Crippen molar-refractivity contribution >= 4 is 21.8 Å². The lowest BCUT2D eigenvalue weighted by Crippen LogP contribution is -2.31. The van der Waals surface area contributed by atoms with Crippen molar-refractivity contribution in [2.75, 3.05) is 0 Å². The molecule has 3 nitrogen and oxygen atoms in total. The molecule has 1 amide bonds. The third-order valence-corrected chi connectivity index (χ3v) is 2.12. The maximum atomic E-state index is 11.5. The van der Waals surface area contributed by atoms with E-state index in [4.69, 9.17) is 4.42 Å². The van der Waals surface area contributed by atoms with Gasteiger partial charge in [0.05, 0.1) is 0 Å². The summed E-state index contributed by atoms with van der Waals surface area (Å²) in [7, 11) is 0. The first-order valence-electron chi connectivity index (χ1n) is 4.30. The fourth-order valence-corrected chi connectivity index (χ4v) is 1.35. The normalized spacial score (nSPS) is 12.1. The molecule has 0 aliphatic heterocycles. The van der Waals surface area contributed by atoms with Crippen LogP contribution >= 0.6 is 15.9 Å². The van der Waals surface area contributed by atoms with Gasteiger partial charge in [-0.1, -0.05) is 6.08 Å². The van der Waals surface area contributed by atoms with E-state index in [-0.39, 0.29) is 11.9 Å². The second-order valence-electron chi connectivity index (χ2n) is 3.00. The van der Waals surface area contributed by atoms with Crippen LogP contribution in [0.25, 0.3) is 0 Å². The molecule has 1 atom stereocenters. The molecule has 0 saturated heterocycles. The molecule has 76 valence electrons. The third-order valence-electron chi connectivity index (χ3n) is 1.69. The van der Waals surface area contributed by atoms with Crippen LogP contribution in [0.1, 0.15) is 23.9 Å². The van der Waals surface area contributed by atoms with Crippen LogP contribution in [0.5, 0.6) is 0 Å². The number of amides is 1. The van der Waals surface area contributed by atoms with E-state index < -0.39 is 0 Å². The van der Waals surface area contributed by atoms with E-state index in [0.717, 1.165) is 6.42 Å². The fourth-order valence-electron chi connectivity index (χ4n) is 1.04. The summed E-state index contributed by atoms with van der Waals surface area (Å²) in [4.78, 5) is 11.5. The van der Waals surface area contributed by atoms with Crippen molar-refractivity contribution in [1.29, 1.82) is 0 Å². The van der Waals surface area contributed by atoms with Crippen LogP contribution in [0, 0.1) is 0 Å². The molecule has 0 aromatic carbocycles. The van der Waals surface area contributed by atoms with Crippen LogP contribution in [0.15, 0.2) is 33.9 Å². The fraction of sp³-hybridized carbons (Fsp3) is 0.300. The molecule has 0 spiro atoms. The Morgan fingerprint density at radius 3 is 3.00 bits per heavy atom. The van der Waals surface area contributed by atoms with Crippen molar-refractivity contribution in [2.45, 2.75) is 19.4 Å². The summed E-state index contributed by atoms with van der Waals surface area (Å²) >= 11 is 3.13. The van der Waals surface area contributed by atoms with Crippen molar-refractivity contribution in [3.05, 3.63) is 35.2 Å². The van der Waals surface area contributed by atoms with Crippen LogP contribution in [0.3, 0.4) is 0 Å². The van der Waals surface area contributed by atoms with Crippen LogP contribution in [0.2, 0.25) is 0 Å². The number of furan rings is 1. The van der Waals surface area contributed by atoms with Crippen molar-refractivity contribution in [3.8, 4) is 0 Å².